The summed E-state index contributed by atoms with van der Waals surface area (Å²) in [4.78, 5) is 21.1. The number of esters is 1. The van der Waals surface area contributed by atoms with Crippen molar-refractivity contribution in [1.82, 2.24) is 0 Å². The highest BCUT2D eigenvalue weighted by atomic mass is 32.2. The smallest absolute Gasteiger partial charge is 0.321 e. The molecule has 5 nitrogen and oxygen atoms in total. The molecule has 0 heterocycles. The van der Waals surface area contributed by atoms with Crippen LogP contribution in [0.25, 0.3) is 0 Å². The van der Waals surface area contributed by atoms with E-state index in [1.54, 1.807) is 0 Å². The van der Waals surface area contributed by atoms with Gasteiger partial charge in [0.1, 0.15) is 5.25 Å². The topological polar surface area (TPSA) is 72.8 Å². The molecule has 70 valence electrons. The lowest BCUT2D eigenvalue weighted by atomic mass is 10.3. The molecule has 0 aromatic rings. The van der Waals surface area contributed by atoms with Crippen LogP contribution in [-0.2, 0) is 18.5 Å². The molecule has 0 aromatic heterocycles. The molecule has 0 fully saturated rings. The molecule has 0 aliphatic carbocycles. The van der Waals surface area contributed by atoms with Crippen LogP contribution in [0.3, 0.4) is 0 Å². The third-order valence-electron chi connectivity index (χ3n) is 1.04. The first-order valence-electron chi connectivity index (χ1n) is 3.11. The van der Waals surface area contributed by atoms with Crippen molar-refractivity contribution in [2.24, 2.45) is 0 Å². The number of hydrogen-bond donors (Lipinski definition) is 1. The van der Waals surface area contributed by atoms with Gasteiger partial charge in [-0.3, -0.25) is 9.59 Å². The molecule has 0 aromatic carbocycles. The molecule has 0 radical (unpaired) electrons. The van der Waals surface area contributed by atoms with Crippen molar-refractivity contribution in [3.8, 4) is 0 Å². The summed E-state index contributed by atoms with van der Waals surface area (Å²) in [5, 5.41) is 7.58. The van der Waals surface area contributed by atoms with E-state index in [9.17, 15) is 9.59 Å². The lowest BCUT2D eigenvalue weighted by Gasteiger charge is -2.08. The quantitative estimate of drug-likeness (QED) is 0.501. The fraction of sp³-hybridized carbons (Fsp3) is 0.667. The highest BCUT2D eigenvalue weighted by Gasteiger charge is 2.23. The molecule has 1 atom stereocenters. The summed E-state index contributed by atoms with van der Waals surface area (Å²) in [6.45, 7) is 0. The van der Waals surface area contributed by atoms with Crippen molar-refractivity contribution < 1.29 is 23.6 Å². The standard InChI is InChI=1S/C6H10O5S/c1-10-6(9)4(12-11-2)3-5(7)8/h4H,3H2,1-2H3,(H,7,8). The van der Waals surface area contributed by atoms with Crippen LogP contribution >= 0.6 is 12.0 Å². The number of aliphatic carboxylic acids is 1. The summed E-state index contributed by atoms with van der Waals surface area (Å²) < 4.78 is 8.94. The Bertz CT molecular complexity index is 169. The SMILES string of the molecule is COSC(CC(=O)O)C(=O)OC. The number of carbonyl (C=O) groups excluding carboxylic acids is 1. The zero-order valence-corrected chi connectivity index (χ0v) is 7.59. The summed E-state index contributed by atoms with van der Waals surface area (Å²) in [6, 6.07) is 0. The van der Waals surface area contributed by atoms with Crippen molar-refractivity contribution in [3.05, 3.63) is 0 Å². The van der Waals surface area contributed by atoms with Crippen LogP contribution in [0.5, 0.6) is 0 Å². The van der Waals surface area contributed by atoms with Gasteiger partial charge in [-0.25, -0.2) is 0 Å². The minimum absolute atomic E-state index is 0.300. The Balaban J connectivity index is 4.02. The first-order valence-corrected chi connectivity index (χ1v) is 3.91. The molecule has 0 amide bonds. The molecule has 0 saturated heterocycles. The number of rotatable bonds is 5. The van der Waals surface area contributed by atoms with Crippen LogP contribution in [0.2, 0.25) is 0 Å². The third kappa shape index (κ3) is 4.20. The number of methoxy groups -OCH3 is 1. The molecule has 1 N–H and O–H groups in total. The average Bonchev–Trinajstić information content (AvgIpc) is 2.01. The minimum atomic E-state index is -1.06. The molecule has 12 heavy (non-hydrogen) atoms. The molecular formula is C6H10O5S. The lowest BCUT2D eigenvalue weighted by Crippen LogP contribution is -2.22. The zero-order chi connectivity index (χ0) is 9.56. The summed E-state index contributed by atoms with van der Waals surface area (Å²) in [5.74, 6) is -1.65. The molecule has 0 spiro atoms. The number of carboxylic acids is 1. The maximum absolute atomic E-state index is 10.9. The van der Waals surface area contributed by atoms with E-state index in [0.717, 1.165) is 12.0 Å². The molecule has 0 rings (SSSR count). The third-order valence-corrected chi connectivity index (χ3v) is 1.82. The summed E-state index contributed by atoms with van der Waals surface area (Å²) in [6.07, 6.45) is -0.300. The second-order valence-corrected chi connectivity index (χ2v) is 2.97. The monoisotopic (exact) mass is 194 g/mol. The summed E-state index contributed by atoms with van der Waals surface area (Å²) in [7, 11) is 2.57. The highest BCUT2D eigenvalue weighted by molar-refractivity contribution is 7.96. The Labute approximate surface area is 74.2 Å². The van der Waals surface area contributed by atoms with Gasteiger partial charge in [0.15, 0.2) is 0 Å². The number of carboxylic acid groups (broad SMARTS) is 1. The molecule has 1 unspecified atom stereocenters. The number of ether oxygens (including phenoxy) is 1. The molecule has 0 bridgehead atoms. The van der Waals surface area contributed by atoms with Gasteiger partial charge in [0.05, 0.1) is 20.6 Å². The van der Waals surface area contributed by atoms with Crippen LogP contribution in [0.1, 0.15) is 6.42 Å². The predicted octanol–water partition coefficient (Wildman–Crippen LogP) is 0.297. The molecule has 0 saturated carbocycles. The van der Waals surface area contributed by atoms with Crippen molar-refractivity contribution >= 4 is 24.0 Å². The van der Waals surface area contributed by atoms with Crippen LogP contribution in [0, 0.1) is 0 Å². The van der Waals surface area contributed by atoms with Gasteiger partial charge in [-0.05, 0) is 0 Å². The van der Waals surface area contributed by atoms with Gasteiger partial charge in [-0.1, -0.05) is 0 Å². The number of carbonyl (C=O) groups is 2. The van der Waals surface area contributed by atoms with E-state index in [-0.39, 0.29) is 6.42 Å². The molecule has 6 heteroatoms. The van der Waals surface area contributed by atoms with E-state index in [1.165, 1.54) is 14.2 Å². The number of hydrogen-bond acceptors (Lipinski definition) is 5. The van der Waals surface area contributed by atoms with Crippen molar-refractivity contribution in [2.75, 3.05) is 14.2 Å². The zero-order valence-electron chi connectivity index (χ0n) is 6.77. The molecule has 0 aliphatic heterocycles. The van der Waals surface area contributed by atoms with E-state index >= 15 is 0 Å². The first-order chi connectivity index (χ1) is 5.61. The van der Waals surface area contributed by atoms with E-state index in [2.05, 4.69) is 8.92 Å². The van der Waals surface area contributed by atoms with Crippen molar-refractivity contribution in [1.29, 1.82) is 0 Å². The Morgan fingerprint density at radius 3 is 2.42 bits per heavy atom. The largest absolute Gasteiger partial charge is 0.481 e. The lowest BCUT2D eigenvalue weighted by molar-refractivity contribution is -0.145. The fourth-order valence-corrected chi connectivity index (χ4v) is 1.18. The Morgan fingerprint density at radius 1 is 1.50 bits per heavy atom. The first kappa shape index (κ1) is 11.2. The maximum atomic E-state index is 10.9. The van der Waals surface area contributed by atoms with E-state index < -0.39 is 17.2 Å². The minimum Gasteiger partial charge on any atom is -0.481 e. The van der Waals surface area contributed by atoms with Gasteiger partial charge in [0, 0.05) is 12.0 Å². The Morgan fingerprint density at radius 2 is 2.08 bits per heavy atom. The Hall–Kier alpha value is -0.750. The molecular weight excluding hydrogens is 184 g/mol. The summed E-state index contributed by atoms with van der Waals surface area (Å²) in [5.41, 5.74) is 0. The van der Waals surface area contributed by atoms with Gasteiger partial charge >= 0.3 is 11.9 Å². The second kappa shape index (κ2) is 5.84. The summed E-state index contributed by atoms with van der Waals surface area (Å²) >= 11 is 0.782. The van der Waals surface area contributed by atoms with Gasteiger partial charge < -0.3 is 14.0 Å². The maximum Gasteiger partial charge on any atom is 0.321 e. The van der Waals surface area contributed by atoms with Gasteiger partial charge in [0.2, 0.25) is 0 Å². The van der Waals surface area contributed by atoms with Crippen LogP contribution in [0.15, 0.2) is 0 Å². The second-order valence-electron chi connectivity index (χ2n) is 1.87. The highest BCUT2D eigenvalue weighted by Crippen LogP contribution is 2.15. The predicted molar refractivity (Wildman–Crippen MR) is 42.7 cm³/mol. The average molecular weight is 194 g/mol. The fourth-order valence-electron chi connectivity index (χ4n) is 0.563. The normalized spacial score (nSPS) is 12.2. The van der Waals surface area contributed by atoms with Crippen molar-refractivity contribution in [3.63, 3.8) is 0 Å². The van der Waals surface area contributed by atoms with Gasteiger partial charge in [-0.15, -0.1) is 0 Å². The van der Waals surface area contributed by atoms with Gasteiger partial charge in [0.25, 0.3) is 0 Å². The van der Waals surface area contributed by atoms with Crippen LogP contribution in [0.4, 0.5) is 0 Å². The van der Waals surface area contributed by atoms with Gasteiger partial charge in [-0.2, -0.15) is 0 Å². The van der Waals surface area contributed by atoms with Crippen LogP contribution < -0.4 is 0 Å². The van der Waals surface area contributed by atoms with Crippen molar-refractivity contribution in [2.45, 2.75) is 11.7 Å². The van der Waals surface area contributed by atoms with E-state index in [4.69, 9.17) is 5.11 Å². The Kier molecular flexibility index (Phi) is 5.48. The van der Waals surface area contributed by atoms with Crippen LogP contribution in [-0.4, -0.2) is 36.5 Å². The van der Waals surface area contributed by atoms with E-state index in [0.29, 0.717) is 0 Å². The van der Waals surface area contributed by atoms with E-state index in [1.807, 2.05) is 0 Å². The molecule has 0 aliphatic rings.